The molecule has 0 N–H and O–H groups in total. The summed E-state index contributed by atoms with van der Waals surface area (Å²) in [7, 11) is 0. The predicted octanol–water partition coefficient (Wildman–Crippen LogP) is 5.96. The Bertz CT molecular complexity index is 1030. The molecule has 0 radical (unpaired) electrons. The van der Waals surface area contributed by atoms with Crippen molar-refractivity contribution >= 4 is 62.1 Å². The molecule has 8 heteroatoms. The number of benzene rings is 2. The van der Waals surface area contributed by atoms with Crippen LogP contribution in [0.25, 0.3) is 10.1 Å². The number of carbonyl (C=O) groups excluding carboxylic acids is 1. The van der Waals surface area contributed by atoms with Gasteiger partial charge in [0.25, 0.3) is 5.91 Å². The van der Waals surface area contributed by atoms with E-state index in [1.807, 2.05) is 12.1 Å². The predicted molar refractivity (Wildman–Crippen MR) is 114 cm³/mol. The maximum atomic E-state index is 14.0. The number of fused-ring (bicyclic) bond motifs is 1. The van der Waals surface area contributed by atoms with Crippen LogP contribution in [0.2, 0.25) is 15.1 Å². The maximum Gasteiger partial charge on any atom is 0.265 e. The molecule has 0 unspecified atom stereocenters. The van der Waals surface area contributed by atoms with Crippen LogP contribution >= 0.6 is 46.1 Å². The third-order valence-corrected chi connectivity index (χ3v) is 7.12. The summed E-state index contributed by atoms with van der Waals surface area (Å²) in [5.41, 5.74) is 0.494. The number of thiophene rings is 1. The molecule has 146 valence electrons. The van der Waals surface area contributed by atoms with E-state index >= 15 is 0 Å². The number of piperazine rings is 1. The summed E-state index contributed by atoms with van der Waals surface area (Å²) in [6.45, 7) is 2.82. The van der Waals surface area contributed by atoms with Crippen LogP contribution < -0.4 is 0 Å². The number of rotatable bonds is 3. The third kappa shape index (κ3) is 3.87. The fourth-order valence-corrected chi connectivity index (χ4v) is 5.32. The molecule has 2 aromatic carbocycles. The molecule has 1 fully saturated rings. The molecule has 1 aliphatic rings. The SMILES string of the molecule is O=C(c1sc2cc(Cl)ccc2c1Cl)N1CCN(Cc2c(F)cccc2Cl)CC1. The molecule has 4 rings (SSSR count). The Morgan fingerprint density at radius 1 is 1.07 bits per heavy atom. The van der Waals surface area contributed by atoms with Crippen molar-refractivity contribution < 1.29 is 9.18 Å². The molecule has 0 aliphatic carbocycles. The lowest BCUT2D eigenvalue weighted by molar-refractivity contribution is 0.0632. The first kappa shape index (κ1) is 19.9. The number of hydrogen-bond donors (Lipinski definition) is 0. The van der Waals surface area contributed by atoms with Crippen molar-refractivity contribution in [3.8, 4) is 0 Å². The maximum absolute atomic E-state index is 14.0. The Morgan fingerprint density at radius 2 is 1.82 bits per heavy atom. The van der Waals surface area contributed by atoms with Crippen molar-refractivity contribution in [2.24, 2.45) is 0 Å². The van der Waals surface area contributed by atoms with Gasteiger partial charge in [0.2, 0.25) is 0 Å². The second-order valence-electron chi connectivity index (χ2n) is 6.65. The quantitative estimate of drug-likeness (QED) is 0.484. The Kier molecular flexibility index (Phi) is 5.81. The van der Waals surface area contributed by atoms with E-state index in [1.54, 1.807) is 23.1 Å². The van der Waals surface area contributed by atoms with Crippen molar-refractivity contribution in [2.45, 2.75) is 6.54 Å². The number of halogens is 4. The van der Waals surface area contributed by atoms with Gasteiger partial charge >= 0.3 is 0 Å². The van der Waals surface area contributed by atoms with Gasteiger partial charge in [0.05, 0.1) is 5.02 Å². The molecule has 0 bridgehead atoms. The van der Waals surface area contributed by atoms with Gasteiger partial charge in [-0.2, -0.15) is 0 Å². The molecule has 2 heterocycles. The highest BCUT2D eigenvalue weighted by Gasteiger charge is 2.26. The second-order valence-corrected chi connectivity index (χ2v) is 8.93. The number of nitrogens with zero attached hydrogens (tertiary/aromatic N) is 2. The first-order valence-electron chi connectivity index (χ1n) is 8.76. The van der Waals surface area contributed by atoms with E-state index in [0.717, 1.165) is 10.1 Å². The van der Waals surface area contributed by atoms with Crippen LogP contribution in [0.1, 0.15) is 15.2 Å². The topological polar surface area (TPSA) is 23.6 Å². The molecule has 1 saturated heterocycles. The van der Waals surface area contributed by atoms with Crippen molar-refractivity contribution in [1.82, 2.24) is 9.80 Å². The molecular formula is C20H16Cl3FN2OS. The summed E-state index contributed by atoms with van der Waals surface area (Å²) in [5.74, 6) is -0.382. The summed E-state index contributed by atoms with van der Waals surface area (Å²) in [6, 6.07) is 10.1. The van der Waals surface area contributed by atoms with E-state index in [-0.39, 0.29) is 11.7 Å². The molecule has 1 amide bonds. The van der Waals surface area contributed by atoms with Gasteiger partial charge < -0.3 is 4.90 Å². The lowest BCUT2D eigenvalue weighted by Gasteiger charge is -2.34. The van der Waals surface area contributed by atoms with Gasteiger partial charge in [0.15, 0.2) is 0 Å². The first-order chi connectivity index (χ1) is 13.4. The fraction of sp³-hybridized carbons (Fsp3) is 0.250. The molecule has 3 nitrogen and oxygen atoms in total. The second kappa shape index (κ2) is 8.17. The van der Waals surface area contributed by atoms with Crippen molar-refractivity contribution in [3.05, 3.63) is 67.7 Å². The Balaban J connectivity index is 1.45. The molecule has 1 aliphatic heterocycles. The molecule has 3 aromatic rings. The average molecular weight is 458 g/mol. The molecule has 1 aromatic heterocycles. The highest BCUT2D eigenvalue weighted by atomic mass is 35.5. The zero-order chi connectivity index (χ0) is 19.8. The first-order valence-corrected chi connectivity index (χ1v) is 10.7. The van der Waals surface area contributed by atoms with Gasteiger partial charge in [0.1, 0.15) is 10.7 Å². The lowest BCUT2D eigenvalue weighted by Crippen LogP contribution is -2.48. The van der Waals surface area contributed by atoms with Crippen LogP contribution in [0, 0.1) is 5.82 Å². The van der Waals surface area contributed by atoms with Crippen LogP contribution in [-0.4, -0.2) is 41.9 Å². The number of carbonyl (C=O) groups is 1. The molecule has 0 atom stereocenters. The van der Waals surface area contributed by atoms with Gasteiger partial charge in [-0.1, -0.05) is 46.9 Å². The number of amides is 1. The van der Waals surface area contributed by atoms with E-state index in [0.29, 0.717) is 58.2 Å². The van der Waals surface area contributed by atoms with Crippen LogP contribution in [0.5, 0.6) is 0 Å². The highest BCUT2D eigenvalue weighted by molar-refractivity contribution is 7.21. The summed E-state index contributed by atoms with van der Waals surface area (Å²) in [4.78, 5) is 17.4. The van der Waals surface area contributed by atoms with Gasteiger partial charge in [-0.15, -0.1) is 11.3 Å². The third-order valence-electron chi connectivity index (χ3n) is 4.89. The van der Waals surface area contributed by atoms with E-state index in [4.69, 9.17) is 34.8 Å². The summed E-state index contributed by atoms with van der Waals surface area (Å²) >= 11 is 20.0. The zero-order valence-corrected chi connectivity index (χ0v) is 17.8. The highest BCUT2D eigenvalue weighted by Crippen LogP contribution is 2.37. The number of hydrogen-bond acceptors (Lipinski definition) is 3. The van der Waals surface area contributed by atoms with Crippen LogP contribution in [0.15, 0.2) is 36.4 Å². The molecule has 0 spiro atoms. The Hall–Kier alpha value is -1.37. The van der Waals surface area contributed by atoms with E-state index in [1.165, 1.54) is 17.4 Å². The monoisotopic (exact) mass is 456 g/mol. The van der Waals surface area contributed by atoms with Gasteiger partial charge in [0, 0.05) is 58.4 Å². The van der Waals surface area contributed by atoms with Crippen LogP contribution in [-0.2, 0) is 6.54 Å². The van der Waals surface area contributed by atoms with Gasteiger partial charge in [-0.3, -0.25) is 9.69 Å². The van der Waals surface area contributed by atoms with Gasteiger partial charge in [-0.25, -0.2) is 4.39 Å². The van der Waals surface area contributed by atoms with Crippen molar-refractivity contribution in [1.29, 1.82) is 0 Å². The normalized spacial score (nSPS) is 15.4. The lowest BCUT2D eigenvalue weighted by atomic mass is 10.1. The summed E-state index contributed by atoms with van der Waals surface area (Å²) in [6.07, 6.45) is 0. The van der Waals surface area contributed by atoms with Crippen molar-refractivity contribution in [2.75, 3.05) is 26.2 Å². The average Bonchev–Trinajstić information content (AvgIpc) is 3.00. The van der Waals surface area contributed by atoms with Crippen LogP contribution in [0.4, 0.5) is 4.39 Å². The minimum absolute atomic E-state index is 0.0779. The van der Waals surface area contributed by atoms with E-state index in [9.17, 15) is 9.18 Å². The molecular weight excluding hydrogens is 442 g/mol. The summed E-state index contributed by atoms with van der Waals surface area (Å²) < 4.78 is 14.9. The zero-order valence-electron chi connectivity index (χ0n) is 14.7. The Labute approximate surface area is 181 Å². The largest absolute Gasteiger partial charge is 0.335 e. The molecule has 0 saturated carbocycles. The Morgan fingerprint density at radius 3 is 2.54 bits per heavy atom. The minimum Gasteiger partial charge on any atom is -0.335 e. The molecule has 28 heavy (non-hydrogen) atoms. The summed E-state index contributed by atoms with van der Waals surface area (Å²) in [5, 5.41) is 2.36. The smallest absolute Gasteiger partial charge is 0.265 e. The fourth-order valence-electron chi connectivity index (χ4n) is 3.34. The minimum atomic E-state index is -0.304. The standard InChI is InChI=1S/C20H16Cl3FN2OS/c21-12-4-5-13-17(10-12)28-19(18(13)23)20(27)26-8-6-25(7-9-26)11-14-15(22)2-1-3-16(14)24/h1-5,10H,6-9,11H2. The van der Waals surface area contributed by atoms with E-state index < -0.39 is 0 Å². The van der Waals surface area contributed by atoms with Crippen molar-refractivity contribution in [3.63, 3.8) is 0 Å². The van der Waals surface area contributed by atoms with Crippen LogP contribution in [0.3, 0.4) is 0 Å². The van der Waals surface area contributed by atoms with Gasteiger partial charge in [-0.05, 0) is 24.3 Å². The van der Waals surface area contributed by atoms with E-state index in [2.05, 4.69) is 4.90 Å².